The van der Waals surface area contributed by atoms with Crippen molar-refractivity contribution >= 4 is 16.9 Å². The number of nitrogens with zero attached hydrogens (tertiary/aromatic N) is 2. The first-order chi connectivity index (χ1) is 12.4. The molecule has 1 aromatic heterocycles. The highest BCUT2D eigenvalue weighted by Crippen LogP contribution is 2.20. The maximum atomic E-state index is 11.3. The summed E-state index contributed by atoms with van der Waals surface area (Å²) in [4.78, 5) is 15.8. The van der Waals surface area contributed by atoms with E-state index >= 15 is 0 Å². The van der Waals surface area contributed by atoms with Crippen molar-refractivity contribution in [1.29, 1.82) is 0 Å². The van der Waals surface area contributed by atoms with E-state index in [2.05, 4.69) is 4.98 Å². The van der Waals surface area contributed by atoms with Crippen LogP contribution in [0, 0.1) is 13.8 Å². The monoisotopic (exact) mass is 353 g/mol. The first-order valence-corrected chi connectivity index (χ1v) is 8.54. The number of ether oxygens (including phenoxy) is 1. The van der Waals surface area contributed by atoms with Crippen LogP contribution in [0.25, 0.3) is 11.0 Å². The number of benzene rings is 2. The summed E-state index contributed by atoms with van der Waals surface area (Å²) in [5.41, 5.74) is 9.15. The van der Waals surface area contributed by atoms with Crippen LogP contribution in [0.2, 0.25) is 0 Å². The van der Waals surface area contributed by atoms with Gasteiger partial charge in [-0.05, 0) is 37.6 Å². The van der Waals surface area contributed by atoms with Gasteiger partial charge >= 0.3 is 0 Å². The van der Waals surface area contributed by atoms with Crippen molar-refractivity contribution in [2.75, 3.05) is 6.61 Å². The maximum absolute atomic E-state index is 11.3. The zero-order valence-corrected chi connectivity index (χ0v) is 15.0. The van der Waals surface area contributed by atoms with Crippen LogP contribution in [0.15, 0.2) is 42.5 Å². The van der Waals surface area contributed by atoms with E-state index in [1.165, 1.54) is 0 Å². The van der Waals surface area contributed by atoms with Crippen LogP contribution in [-0.2, 0) is 17.8 Å². The SMILES string of the molecule is Cc1ccc(OCC(O)Cn2c(CC(N)=O)nc3ccccc32)c(C)c1. The Labute approximate surface area is 152 Å². The number of aromatic nitrogens is 2. The summed E-state index contributed by atoms with van der Waals surface area (Å²) in [6.07, 6.45) is -0.723. The third kappa shape index (κ3) is 4.03. The van der Waals surface area contributed by atoms with E-state index in [4.69, 9.17) is 10.5 Å². The van der Waals surface area contributed by atoms with Gasteiger partial charge in [0, 0.05) is 0 Å². The molecule has 136 valence electrons. The second-order valence-electron chi connectivity index (χ2n) is 6.50. The lowest BCUT2D eigenvalue weighted by molar-refractivity contribution is -0.117. The van der Waals surface area contributed by atoms with Crippen LogP contribution in [0.4, 0.5) is 0 Å². The van der Waals surface area contributed by atoms with Gasteiger partial charge in [-0.25, -0.2) is 4.98 Å². The van der Waals surface area contributed by atoms with Crippen molar-refractivity contribution in [3.05, 3.63) is 59.4 Å². The normalized spacial score (nSPS) is 12.3. The zero-order valence-electron chi connectivity index (χ0n) is 15.0. The van der Waals surface area contributed by atoms with Gasteiger partial charge in [0.2, 0.25) is 5.91 Å². The van der Waals surface area contributed by atoms with Gasteiger partial charge in [-0.15, -0.1) is 0 Å². The number of aryl methyl sites for hydroxylation is 2. The van der Waals surface area contributed by atoms with Gasteiger partial charge in [0.15, 0.2) is 0 Å². The van der Waals surface area contributed by atoms with Crippen LogP contribution in [-0.4, -0.2) is 33.3 Å². The summed E-state index contributed by atoms with van der Waals surface area (Å²) in [6.45, 7) is 4.42. The molecule has 0 radical (unpaired) electrons. The highest BCUT2D eigenvalue weighted by Gasteiger charge is 2.16. The van der Waals surface area contributed by atoms with Crippen molar-refractivity contribution in [1.82, 2.24) is 9.55 Å². The van der Waals surface area contributed by atoms with E-state index in [1.807, 2.05) is 60.9 Å². The number of primary amides is 1. The number of aliphatic hydroxyl groups is 1. The van der Waals surface area contributed by atoms with Gasteiger partial charge < -0.3 is 20.1 Å². The predicted molar refractivity (Wildman–Crippen MR) is 100 cm³/mol. The van der Waals surface area contributed by atoms with Crippen molar-refractivity contribution < 1.29 is 14.6 Å². The largest absolute Gasteiger partial charge is 0.491 e. The Morgan fingerprint density at radius 3 is 2.77 bits per heavy atom. The fraction of sp³-hybridized carbons (Fsp3) is 0.300. The Balaban J connectivity index is 1.75. The smallest absolute Gasteiger partial charge is 0.225 e. The molecule has 6 nitrogen and oxygen atoms in total. The lowest BCUT2D eigenvalue weighted by atomic mass is 10.1. The van der Waals surface area contributed by atoms with E-state index < -0.39 is 12.0 Å². The predicted octanol–water partition coefficient (Wildman–Crippen LogP) is 2.12. The number of fused-ring (bicyclic) bond motifs is 1. The number of aliphatic hydroxyl groups excluding tert-OH is 1. The van der Waals surface area contributed by atoms with Gasteiger partial charge in [0.05, 0.1) is 24.0 Å². The number of hydrogen-bond donors (Lipinski definition) is 2. The standard InChI is InChI=1S/C20H23N3O3/c1-13-7-8-18(14(2)9-13)26-12-15(24)11-23-17-6-4-3-5-16(17)22-20(23)10-19(21)25/h3-9,15,24H,10-12H2,1-2H3,(H2,21,25). The molecule has 0 spiro atoms. The zero-order chi connectivity index (χ0) is 18.7. The van der Waals surface area contributed by atoms with E-state index in [0.29, 0.717) is 5.82 Å². The Hall–Kier alpha value is -2.86. The van der Waals surface area contributed by atoms with Gasteiger partial charge in [-0.1, -0.05) is 29.8 Å². The minimum atomic E-state index is -0.750. The quantitative estimate of drug-likeness (QED) is 0.681. The Kier molecular flexibility index (Phi) is 5.23. The average molecular weight is 353 g/mol. The molecule has 1 amide bonds. The average Bonchev–Trinajstić information content (AvgIpc) is 2.91. The first kappa shape index (κ1) is 17.9. The lowest BCUT2D eigenvalue weighted by Gasteiger charge is -2.16. The molecular weight excluding hydrogens is 330 g/mol. The van der Waals surface area contributed by atoms with Crippen LogP contribution in [0.5, 0.6) is 5.75 Å². The molecule has 6 heteroatoms. The molecule has 0 bridgehead atoms. The Morgan fingerprint density at radius 1 is 1.27 bits per heavy atom. The number of carbonyl (C=O) groups excluding carboxylic acids is 1. The van der Waals surface area contributed by atoms with Crippen LogP contribution >= 0.6 is 0 Å². The molecule has 3 aromatic rings. The molecule has 1 unspecified atom stereocenters. The van der Waals surface area contributed by atoms with Crippen LogP contribution in [0.3, 0.4) is 0 Å². The number of amides is 1. The number of hydrogen-bond acceptors (Lipinski definition) is 4. The van der Waals surface area contributed by atoms with Gasteiger partial charge in [-0.2, -0.15) is 0 Å². The molecule has 2 aromatic carbocycles. The third-order valence-electron chi connectivity index (χ3n) is 4.22. The molecule has 0 fully saturated rings. The molecule has 1 heterocycles. The molecule has 3 N–H and O–H groups in total. The highest BCUT2D eigenvalue weighted by atomic mass is 16.5. The second-order valence-corrected chi connectivity index (χ2v) is 6.50. The summed E-state index contributed by atoms with van der Waals surface area (Å²) in [5, 5.41) is 10.5. The Morgan fingerprint density at radius 2 is 2.04 bits per heavy atom. The van der Waals surface area contributed by atoms with Crippen molar-refractivity contribution in [2.24, 2.45) is 5.73 Å². The summed E-state index contributed by atoms with van der Waals surface area (Å²) < 4.78 is 7.59. The van der Waals surface area contributed by atoms with E-state index in [9.17, 15) is 9.90 Å². The van der Waals surface area contributed by atoms with Gasteiger partial charge in [0.1, 0.15) is 24.3 Å². The van der Waals surface area contributed by atoms with Crippen molar-refractivity contribution in [2.45, 2.75) is 32.9 Å². The molecule has 0 aliphatic heterocycles. The Bertz CT molecular complexity index is 933. The number of nitrogens with two attached hydrogens (primary N) is 1. The molecule has 1 atom stereocenters. The number of para-hydroxylation sites is 2. The lowest BCUT2D eigenvalue weighted by Crippen LogP contribution is -2.26. The first-order valence-electron chi connectivity index (χ1n) is 8.54. The molecular formula is C20H23N3O3. The molecule has 0 aliphatic rings. The van der Waals surface area contributed by atoms with Crippen LogP contribution in [0.1, 0.15) is 17.0 Å². The van der Waals surface area contributed by atoms with E-state index in [-0.39, 0.29) is 19.6 Å². The third-order valence-corrected chi connectivity index (χ3v) is 4.22. The summed E-state index contributed by atoms with van der Waals surface area (Å²) in [7, 11) is 0. The minimum absolute atomic E-state index is 0.0271. The maximum Gasteiger partial charge on any atom is 0.225 e. The fourth-order valence-corrected chi connectivity index (χ4v) is 3.03. The van der Waals surface area contributed by atoms with Gasteiger partial charge in [-0.3, -0.25) is 4.79 Å². The summed E-state index contributed by atoms with van der Waals surface area (Å²) in [6, 6.07) is 13.5. The summed E-state index contributed by atoms with van der Waals surface area (Å²) in [5.74, 6) is 0.842. The fourth-order valence-electron chi connectivity index (χ4n) is 3.03. The molecule has 26 heavy (non-hydrogen) atoms. The van der Waals surface area contributed by atoms with E-state index in [1.54, 1.807) is 0 Å². The van der Waals surface area contributed by atoms with Crippen molar-refractivity contribution in [3.8, 4) is 5.75 Å². The molecule has 0 saturated heterocycles. The summed E-state index contributed by atoms with van der Waals surface area (Å²) >= 11 is 0. The van der Waals surface area contributed by atoms with Gasteiger partial charge in [0.25, 0.3) is 0 Å². The second kappa shape index (κ2) is 7.58. The highest BCUT2D eigenvalue weighted by molar-refractivity contribution is 5.80. The topological polar surface area (TPSA) is 90.4 Å². The van der Waals surface area contributed by atoms with Crippen molar-refractivity contribution in [3.63, 3.8) is 0 Å². The molecule has 0 aliphatic carbocycles. The molecule has 0 saturated carbocycles. The van der Waals surface area contributed by atoms with E-state index in [0.717, 1.165) is 27.9 Å². The number of rotatable bonds is 7. The van der Waals surface area contributed by atoms with Crippen LogP contribution < -0.4 is 10.5 Å². The number of carbonyl (C=O) groups is 1. The molecule has 3 rings (SSSR count). The minimum Gasteiger partial charge on any atom is -0.491 e. The number of imidazole rings is 1.